The summed E-state index contributed by atoms with van der Waals surface area (Å²) in [4.78, 5) is 6.10. The van der Waals surface area contributed by atoms with Gasteiger partial charge in [-0.15, -0.1) is 0 Å². The van der Waals surface area contributed by atoms with Crippen LogP contribution in [0.5, 0.6) is 0 Å². The molecule has 0 fully saturated rings. The normalized spacial score (nSPS) is 11.3. The van der Waals surface area contributed by atoms with Crippen molar-refractivity contribution in [2.24, 2.45) is 0 Å². The van der Waals surface area contributed by atoms with Crippen LogP contribution in [0.3, 0.4) is 0 Å². The minimum absolute atomic E-state index is 0.481. The molecule has 0 unspecified atom stereocenters. The Labute approximate surface area is 166 Å². The van der Waals surface area contributed by atoms with Crippen LogP contribution < -0.4 is 5.48 Å². The second-order valence-corrected chi connectivity index (χ2v) is 6.72. The van der Waals surface area contributed by atoms with E-state index in [9.17, 15) is 0 Å². The molecule has 2 heteroatoms. The highest BCUT2D eigenvalue weighted by atomic mass is 16.6. The standard InChI is InChI=1S/C26H23NO/c1-5-13-22(14-6-1)21-28-27-26(23-15-7-2-8-16-23,24-17-9-3-10-18-24)25-19-11-4-12-20-25/h1-20,27H,21H2. The Balaban J connectivity index is 1.79. The number of benzene rings is 4. The maximum absolute atomic E-state index is 6.10. The molecule has 0 radical (unpaired) electrons. The molecule has 0 aliphatic rings. The molecule has 0 spiro atoms. The van der Waals surface area contributed by atoms with Crippen LogP contribution in [-0.2, 0) is 17.0 Å². The van der Waals surface area contributed by atoms with Crippen LogP contribution >= 0.6 is 0 Å². The van der Waals surface area contributed by atoms with Crippen molar-refractivity contribution in [3.8, 4) is 0 Å². The van der Waals surface area contributed by atoms with Crippen molar-refractivity contribution in [3.05, 3.63) is 144 Å². The number of hydrogen-bond donors (Lipinski definition) is 1. The summed E-state index contributed by atoms with van der Waals surface area (Å²) < 4.78 is 0. The van der Waals surface area contributed by atoms with Crippen molar-refractivity contribution in [1.29, 1.82) is 0 Å². The van der Waals surface area contributed by atoms with Crippen molar-refractivity contribution >= 4 is 0 Å². The smallest absolute Gasteiger partial charge is 0.118 e. The Morgan fingerprint density at radius 2 is 0.857 bits per heavy atom. The molecule has 1 N–H and O–H groups in total. The summed E-state index contributed by atoms with van der Waals surface area (Å²) in [5, 5.41) is 0. The Hall–Kier alpha value is -3.20. The lowest BCUT2D eigenvalue weighted by molar-refractivity contribution is -0.0115. The van der Waals surface area contributed by atoms with Gasteiger partial charge in [0.15, 0.2) is 0 Å². The SMILES string of the molecule is c1ccc(CONC(c2ccccc2)(c2ccccc2)c2ccccc2)cc1. The minimum atomic E-state index is -0.613. The van der Waals surface area contributed by atoms with Gasteiger partial charge < -0.3 is 0 Å². The summed E-state index contributed by atoms with van der Waals surface area (Å²) in [7, 11) is 0. The van der Waals surface area contributed by atoms with Gasteiger partial charge >= 0.3 is 0 Å². The Morgan fingerprint density at radius 1 is 0.500 bits per heavy atom. The molecule has 28 heavy (non-hydrogen) atoms. The van der Waals surface area contributed by atoms with E-state index in [0.29, 0.717) is 6.61 Å². The highest BCUT2D eigenvalue weighted by Crippen LogP contribution is 2.36. The van der Waals surface area contributed by atoms with E-state index in [1.807, 2.05) is 36.4 Å². The number of rotatable bonds is 7. The van der Waals surface area contributed by atoms with Crippen molar-refractivity contribution in [1.82, 2.24) is 5.48 Å². The van der Waals surface area contributed by atoms with Crippen LogP contribution in [0, 0.1) is 0 Å². The van der Waals surface area contributed by atoms with Crippen molar-refractivity contribution in [2.75, 3.05) is 0 Å². The van der Waals surface area contributed by atoms with Gasteiger partial charge in [0.2, 0.25) is 0 Å². The zero-order valence-corrected chi connectivity index (χ0v) is 15.7. The summed E-state index contributed by atoms with van der Waals surface area (Å²) in [6, 6.07) is 41.5. The number of nitrogens with one attached hydrogen (secondary N) is 1. The minimum Gasteiger partial charge on any atom is -0.296 e. The fraction of sp³-hybridized carbons (Fsp3) is 0.0769. The first-order valence-electron chi connectivity index (χ1n) is 9.49. The third-order valence-corrected chi connectivity index (χ3v) is 4.93. The van der Waals surface area contributed by atoms with Gasteiger partial charge in [0.1, 0.15) is 5.54 Å². The molecule has 0 saturated carbocycles. The molecule has 0 aliphatic carbocycles. The molecule has 0 bridgehead atoms. The topological polar surface area (TPSA) is 21.3 Å². The van der Waals surface area contributed by atoms with Gasteiger partial charge in [-0.2, -0.15) is 5.48 Å². The zero-order chi connectivity index (χ0) is 19.1. The van der Waals surface area contributed by atoms with E-state index >= 15 is 0 Å². The van der Waals surface area contributed by atoms with Crippen LogP contribution in [0.1, 0.15) is 22.3 Å². The molecule has 4 aromatic rings. The van der Waals surface area contributed by atoms with Gasteiger partial charge in [-0.05, 0) is 22.3 Å². The maximum Gasteiger partial charge on any atom is 0.118 e. The molecule has 2 nitrogen and oxygen atoms in total. The van der Waals surface area contributed by atoms with Gasteiger partial charge in [-0.25, -0.2) is 0 Å². The molecule has 4 rings (SSSR count). The fourth-order valence-corrected chi connectivity index (χ4v) is 3.54. The van der Waals surface area contributed by atoms with Crippen LogP contribution in [0.25, 0.3) is 0 Å². The van der Waals surface area contributed by atoms with Crippen LogP contribution in [0.15, 0.2) is 121 Å². The lowest BCUT2D eigenvalue weighted by atomic mass is 9.78. The molecule has 0 atom stereocenters. The monoisotopic (exact) mass is 365 g/mol. The maximum atomic E-state index is 6.10. The summed E-state index contributed by atoms with van der Waals surface area (Å²) in [5.74, 6) is 0. The summed E-state index contributed by atoms with van der Waals surface area (Å²) >= 11 is 0. The summed E-state index contributed by atoms with van der Waals surface area (Å²) in [5.41, 5.74) is 7.32. The first-order valence-corrected chi connectivity index (χ1v) is 9.49. The first kappa shape index (κ1) is 18.2. The zero-order valence-electron chi connectivity index (χ0n) is 15.7. The van der Waals surface area contributed by atoms with Crippen LogP contribution in [-0.4, -0.2) is 0 Å². The fourth-order valence-electron chi connectivity index (χ4n) is 3.54. The third-order valence-electron chi connectivity index (χ3n) is 4.93. The molecule has 0 aromatic heterocycles. The highest BCUT2D eigenvalue weighted by molar-refractivity contribution is 5.48. The molecule has 4 aromatic carbocycles. The average molecular weight is 365 g/mol. The van der Waals surface area contributed by atoms with Crippen molar-refractivity contribution < 1.29 is 4.84 Å². The molecule has 0 aliphatic heterocycles. The predicted octanol–water partition coefficient (Wildman–Crippen LogP) is 5.70. The van der Waals surface area contributed by atoms with Crippen LogP contribution in [0.2, 0.25) is 0 Å². The molecule has 0 saturated heterocycles. The molecule has 138 valence electrons. The molecular weight excluding hydrogens is 342 g/mol. The predicted molar refractivity (Wildman–Crippen MR) is 114 cm³/mol. The van der Waals surface area contributed by atoms with E-state index in [4.69, 9.17) is 4.84 Å². The van der Waals surface area contributed by atoms with E-state index in [-0.39, 0.29) is 0 Å². The largest absolute Gasteiger partial charge is 0.296 e. The highest BCUT2D eigenvalue weighted by Gasteiger charge is 2.36. The second kappa shape index (κ2) is 8.66. The van der Waals surface area contributed by atoms with Crippen molar-refractivity contribution in [3.63, 3.8) is 0 Å². The van der Waals surface area contributed by atoms with Gasteiger partial charge in [0.25, 0.3) is 0 Å². The molecular formula is C26H23NO. The first-order chi connectivity index (χ1) is 13.9. The van der Waals surface area contributed by atoms with Gasteiger partial charge in [-0.3, -0.25) is 4.84 Å². The molecule has 0 amide bonds. The number of hydroxylamine groups is 1. The van der Waals surface area contributed by atoms with Crippen molar-refractivity contribution in [2.45, 2.75) is 12.1 Å². The van der Waals surface area contributed by atoms with E-state index < -0.39 is 5.54 Å². The lowest BCUT2D eigenvalue weighted by Crippen LogP contribution is -2.44. The number of hydrogen-bond acceptors (Lipinski definition) is 2. The Kier molecular flexibility index (Phi) is 5.62. The summed E-state index contributed by atoms with van der Waals surface area (Å²) in [6.07, 6.45) is 0. The van der Waals surface area contributed by atoms with E-state index in [1.165, 1.54) is 0 Å². The molecule has 0 heterocycles. The quantitative estimate of drug-likeness (QED) is 0.335. The van der Waals surface area contributed by atoms with Gasteiger partial charge in [0.05, 0.1) is 6.61 Å². The van der Waals surface area contributed by atoms with E-state index in [1.54, 1.807) is 0 Å². The van der Waals surface area contributed by atoms with Gasteiger partial charge in [-0.1, -0.05) is 121 Å². The second-order valence-electron chi connectivity index (χ2n) is 6.72. The van der Waals surface area contributed by atoms with E-state index in [2.05, 4.69) is 90.4 Å². The Bertz CT molecular complexity index is 873. The summed E-state index contributed by atoms with van der Waals surface area (Å²) in [6.45, 7) is 0.481. The average Bonchev–Trinajstić information content (AvgIpc) is 2.79. The lowest BCUT2D eigenvalue weighted by Gasteiger charge is -2.36. The van der Waals surface area contributed by atoms with E-state index in [0.717, 1.165) is 22.3 Å². The Morgan fingerprint density at radius 3 is 1.25 bits per heavy atom. The van der Waals surface area contributed by atoms with Crippen LogP contribution in [0.4, 0.5) is 0 Å². The van der Waals surface area contributed by atoms with Gasteiger partial charge in [0, 0.05) is 0 Å². The third kappa shape index (κ3) is 3.74.